The quantitative estimate of drug-likeness (QED) is 0.790. The molecule has 1 aromatic rings. The third-order valence-electron chi connectivity index (χ3n) is 4.60. The van der Waals surface area contributed by atoms with E-state index in [0.717, 1.165) is 36.5 Å². The van der Waals surface area contributed by atoms with Crippen LogP contribution < -0.4 is 15.5 Å². The molecule has 0 saturated carbocycles. The van der Waals surface area contributed by atoms with E-state index in [4.69, 9.17) is 4.74 Å². The van der Waals surface area contributed by atoms with Gasteiger partial charge in [0.15, 0.2) is 0 Å². The number of pyridine rings is 1. The maximum absolute atomic E-state index is 5.46. The van der Waals surface area contributed by atoms with Crippen LogP contribution in [0.15, 0.2) is 24.4 Å². The van der Waals surface area contributed by atoms with Gasteiger partial charge in [0.1, 0.15) is 11.1 Å². The van der Waals surface area contributed by atoms with Crippen molar-refractivity contribution in [1.82, 2.24) is 4.98 Å². The molecule has 0 unspecified atom stereocenters. The van der Waals surface area contributed by atoms with Crippen LogP contribution in [0.2, 0.25) is 0 Å². The molecule has 0 N–H and O–H groups in total. The molecule has 1 aliphatic heterocycles. The van der Waals surface area contributed by atoms with Gasteiger partial charge in [-0.1, -0.05) is 25.2 Å². The van der Waals surface area contributed by atoms with E-state index >= 15 is 0 Å². The van der Waals surface area contributed by atoms with E-state index in [2.05, 4.69) is 47.4 Å². The highest BCUT2D eigenvalue weighted by atomic mass is 32.2. The summed E-state index contributed by atoms with van der Waals surface area (Å²) in [6, 6.07) is 2.15. The molecule has 1 fully saturated rings. The molecule has 1 aromatic heterocycles. The molecule has 2 rings (SSSR count). The van der Waals surface area contributed by atoms with Crippen molar-refractivity contribution in [2.75, 3.05) is 37.1 Å². The number of hydrogen-bond acceptors (Lipinski definition) is 4. The van der Waals surface area contributed by atoms with Gasteiger partial charge in [-0.05, 0) is 50.2 Å². The lowest BCUT2D eigenvalue weighted by Crippen LogP contribution is -2.41. The molecule has 0 aliphatic carbocycles. The van der Waals surface area contributed by atoms with Crippen molar-refractivity contribution in [2.24, 2.45) is 5.92 Å². The van der Waals surface area contributed by atoms with Gasteiger partial charge >= 0.3 is 0 Å². The Morgan fingerprint density at radius 3 is 2.79 bits per heavy atom. The summed E-state index contributed by atoms with van der Waals surface area (Å²) in [6.45, 7) is 6.38. The third-order valence-corrected chi connectivity index (χ3v) is 5.40. The Morgan fingerprint density at radius 2 is 2.17 bits per heavy atom. The van der Waals surface area contributed by atoms with Crippen LogP contribution in [0.4, 0.5) is 5.69 Å². The van der Waals surface area contributed by atoms with Gasteiger partial charge < -0.3 is 9.64 Å². The summed E-state index contributed by atoms with van der Waals surface area (Å²) in [4.78, 5) is 7.08. The normalized spacial score (nSPS) is 18.3. The molecule has 24 heavy (non-hydrogen) atoms. The van der Waals surface area contributed by atoms with Gasteiger partial charge in [-0.25, -0.2) is 0 Å². The highest BCUT2D eigenvalue weighted by Crippen LogP contribution is 2.23. The molecule has 0 atom stereocenters. The number of piperidine rings is 1. The number of methoxy groups -OCH3 is 1. The maximum atomic E-state index is 5.46. The van der Waals surface area contributed by atoms with Crippen molar-refractivity contribution in [3.63, 3.8) is 0 Å². The van der Waals surface area contributed by atoms with Crippen LogP contribution in [0, 0.1) is 5.92 Å². The molecule has 0 spiro atoms. The molecule has 0 radical (unpaired) electrons. The molecule has 4 heteroatoms. The topological polar surface area (TPSA) is 25.4 Å². The third kappa shape index (κ3) is 4.79. The Morgan fingerprint density at radius 1 is 1.42 bits per heavy atom. The van der Waals surface area contributed by atoms with Crippen molar-refractivity contribution in [2.45, 2.75) is 33.1 Å². The van der Waals surface area contributed by atoms with Crippen molar-refractivity contribution in [3.8, 4) is 0 Å². The number of allylic oxidation sites excluding steroid dienone is 2. The Balaban J connectivity index is 2.40. The van der Waals surface area contributed by atoms with Crippen LogP contribution in [0.25, 0.3) is 11.8 Å². The largest absolute Gasteiger partial charge is 0.499 e. The van der Waals surface area contributed by atoms with Crippen LogP contribution in [0.1, 0.15) is 33.1 Å². The predicted molar refractivity (Wildman–Crippen MR) is 107 cm³/mol. The van der Waals surface area contributed by atoms with E-state index in [9.17, 15) is 0 Å². The number of anilines is 1. The van der Waals surface area contributed by atoms with E-state index in [1.807, 2.05) is 24.9 Å². The minimum absolute atomic E-state index is 0.859. The number of nitrogens with zero attached hydrogens (tertiary/aromatic N) is 2. The minimum atomic E-state index is 0.859. The smallest absolute Gasteiger partial charge is 0.119 e. The van der Waals surface area contributed by atoms with Crippen LogP contribution in [-0.4, -0.2) is 37.2 Å². The molecule has 1 saturated heterocycles. The van der Waals surface area contributed by atoms with Gasteiger partial charge in [0.25, 0.3) is 0 Å². The van der Waals surface area contributed by atoms with Crippen LogP contribution in [0.3, 0.4) is 0 Å². The maximum Gasteiger partial charge on any atom is 0.119 e. The van der Waals surface area contributed by atoms with Gasteiger partial charge in [0.05, 0.1) is 7.11 Å². The van der Waals surface area contributed by atoms with Crippen molar-refractivity contribution in [3.05, 3.63) is 35.0 Å². The molecule has 2 heterocycles. The van der Waals surface area contributed by atoms with Crippen molar-refractivity contribution >= 4 is 29.3 Å². The summed E-state index contributed by atoms with van der Waals surface area (Å²) < 4.78 is 5.46. The van der Waals surface area contributed by atoms with Gasteiger partial charge in [0.2, 0.25) is 0 Å². The summed E-state index contributed by atoms with van der Waals surface area (Å²) in [7, 11) is 1.71. The van der Waals surface area contributed by atoms with Crippen LogP contribution in [-0.2, 0) is 4.74 Å². The SMILES string of the molecule is CC/C=C/C=c1/c(N2CCC(CSC)CC2)ccn/c1=C(/C)OC. The molecule has 0 amide bonds. The van der Waals surface area contributed by atoms with Gasteiger partial charge in [-0.15, -0.1) is 0 Å². The second-order valence-corrected chi connectivity index (χ2v) is 7.15. The molecular weight excluding hydrogens is 316 g/mol. The second-order valence-electron chi connectivity index (χ2n) is 6.24. The predicted octanol–water partition coefficient (Wildman–Crippen LogP) is 3.18. The van der Waals surface area contributed by atoms with E-state index < -0.39 is 0 Å². The number of ether oxygens (including phenoxy) is 1. The van der Waals surface area contributed by atoms with Gasteiger partial charge in [0, 0.05) is 30.2 Å². The molecule has 3 nitrogen and oxygen atoms in total. The first kappa shape index (κ1) is 18.9. The van der Waals surface area contributed by atoms with Gasteiger partial charge in [-0.2, -0.15) is 11.8 Å². The first-order chi connectivity index (χ1) is 11.7. The summed E-state index contributed by atoms with van der Waals surface area (Å²) >= 11 is 1.97. The zero-order valence-corrected chi connectivity index (χ0v) is 16.2. The Bertz CT molecular complexity index is 661. The first-order valence-corrected chi connectivity index (χ1v) is 10.2. The summed E-state index contributed by atoms with van der Waals surface area (Å²) in [5.41, 5.74) is 1.28. The number of aromatic nitrogens is 1. The minimum Gasteiger partial charge on any atom is -0.499 e. The highest BCUT2D eigenvalue weighted by Gasteiger charge is 2.20. The first-order valence-electron chi connectivity index (χ1n) is 8.81. The Labute approximate surface area is 150 Å². The highest BCUT2D eigenvalue weighted by molar-refractivity contribution is 7.98. The number of rotatable bonds is 6. The molecule has 1 aliphatic rings. The lowest BCUT2D eigenvalue weighted by atomic mass is 9.98. The fourth-order valence-electron chi connectivity index (χ4n) is 3.16. The van der Waals surface area contributed by atoms with Gasteiger partial charge in [-0.3, -0.25) is 4.98 Å². The Hall–Kier alpha value is -1.42. The van der Waals surface area contributed by atoms with Crippen molar-refractivity contribution in [1.29, 1.82) is 0 Å². The standard InChI is InChI=1S/C20H30N2OS/c1-5-6-7-8-18-19(9-12-21-20(18)16(2)23-3)22-13-10-17(11-14-22)15-24-4/h6-9,12,17H,5,10-11,13-15H2,1-4H3/b7-6+,18-8-,20-16-. The van der Waals surface area contributed by atoms with Crippen LogP contribution in [0.5, 0.6) is 0 Å². The number of thioether (sulfide) groups is 1. The van der Waals surface area contributed by atoms with Crippen molar-refractivity contribution < 1.29 is 4.74 Å². The fraction of sp³-hybridized carbons (Fsp3) is 0.550. The number of hydrogen-bond donors (Lipinski definition) is 0. The average molecular weight is 347 g/mol. The molecular formula is C20H30N2OS. The van der Waals surface area contributed by atoms with E-state index in [0.29, 0.717) is 0 Å². The second kappa shape index (κ2) is 9.77. The van der Waals surface area contributed by atoms with E-state index in [-0.39, 0.29) is 0 Å². The summed E-state index contributed by atoms with van der Waals surface area (Å²) in [6.07, 6.45) is 14.2. The van der Waals surface area contributed by atoms with Crippen LogP contribution >= 0.6 is 11.8 Å². The fourth-order valence-corrected chi connectivity index (χ4v) is 3.96. The summed E-state index contributed by atoms with van der Waals surface area (Å²) in [5, 5.41) is 2.12. The molecule has 0 bridgehead atoms. The monoisotopic (exact) mass is 346 g/mol. The average Bonchev–Trinajstić information content (AvgIpc) is 2.62. The molecule has 132 valence electrons. The van der Waals surface area contributed by atoms with E-state index in [1.54, 1.807) is 7.11 Å². The lowest BCUT2D eigenvalue weighted by Gasteiger charge is -2.33. The summed E-state index contributed by atoms with van der Waals surface area (Å²) in [5.74, 6) is 3.01. The lowest BCUT2D eigenvalue weighted by molar-refractivity contribution is 0.359. The molecule has 0 aromatic carbocycles. The van der Waals surface area contributed by atoms with E-state index in [1.165, 1.54) is 29.5 Å². The zero-order valence-electron chi connectivity index (χ0n) is 15.4. The Kier molecular flexibility index (Phi) is 7.70. The zero-order chi connectivity index (χ0) is 17.4.